The van der Waals surface area contributed by atoms with Crippen molar-refractivity contribution in [3.05, 3.63) is 52.7 Å². The lowest BCUT2D eigenvalue weighted by Gasteiger charge is -2.35. The second kappa shape index (κ2) is 11.9. The molecule has 1 amide bonds. The zero-order valence-corrected chi connectivity index (χ0v) is 24.2. The van der Waals surface area contributed by atoms with Crippen LogP contribution in [0.2, 0.25) is 10.0 Å². The highest BCUT2D eigenvalue weighted by atomic mass is 35.5. The number of amides is 1. The summed E-state index contributed by atoms with van der Waals surface area (Å²) in [7, 11) is 4.03. The van der Waals surface area contributed by atoms with Crippen molar-refractivity contribution in [3.8, 4) is 17.5 Å². The van der Waals surface area contributed by atoms with Gasteiger partial charge in [0.1, 0.15) is 11.3 Å². The number of nitrogens with zero attached hydrogens (tertiary/aromatic N) is 6. The Labute approximate surface area is 242 Å². The van der Waals surface area contributed by atoms with Crippen LogP contribution in [0.1, 0.15) is 12.0 Å². The summed E-state index contributed by atoms with van der Waals surface area (Å²) in [5, 5.41) is 9.50. The highest BCUT2D eigenvalue weighted by Crippen LogP contribution is 2.42. The van der Waals surface area contributed by atoms with Crippen molar-refractivity contribution in [1.29, 1.82) is 0 Å². The molecule has 12 heteroatoms. The molecule has 1 aliphatic heterocycles. The van der Waals surface area contributed by atoms with Crippen LogP contribution in [0, 0.1) is 6.92 Å². The number of hydrogen-bond donors (Lipinski definition) is 1. The molecule has 1 saturated heterocycles. The van der Waals surface area contributed by atoms with E-state index in [2.05, 4.69) is 26.6 Å². The summed E-state index contributed by atoms with van der Waals surface area (Å²) in [6.45, 7) is 9.06. The van der Waals surface area contributed by atoms with Crippen LogP contribution in [-0.4, -0.2) is 89.3 Å². The van der Waals surface area contributed by atoms with Crippen LogP contribution in [0.5, 0.6) is 17.5 Å². The Bertz CT molecular complexity index is 1570. The molecule has 0 saturated carbocycles. The van der Waals surface area contributed by atoms with Gasteiger partial charge in [-0.05, 0) is 51.2 Å². The molecule has 0 unspecified atom stereocenters. The van der Waals surface area contributed by atoms with Crippen molar-refractivity contribution in [3.63, 3.8) is 0 Å². The van der Waals surface area contributed by atoms with Crippen molar-refractivity contribution in [2.24, 2.45) is 0 Å². The first kappa shape index (κ1) is 27.9. The van der Waals surface area contributed by atoms with Gasteiger partial charge in [0.15, 0.2) is 11.5 Å². The van der Waals surface area contributed by atoms with Crippen molar-refractivity contribution >= 4 is 56.7 Å². The number of fused-ring (bicyclic) bond motifs is 2. The Kier molecular flexibility index (Phi) is 8.30. The van der Waals surface area contributed by atoms with Crippen LogP contribution in [0.15, 0.2) is 37.1 Å². The topological polar surface area (TPSA) is 99.7 Å². The van der Waals surface area contributed by atoms with Crippen LogP contribution in [0.25, 0.3) is 21.8 Å². The molecule has 0 aliphatic carbocycles. The van der Waals surface area contributed by atoms with E-state index in [1.54, 1.807) is 17.2 Å². The normalized spacial score (nSPS) is 13.8. The van der Waals surface area contributed by atoms with E-state index >= 15 is 0 Å². The maximum Gasteiger partial charge on any atom is 0.319 e. The third-order valence-corrected chi connectivity index (χ3v) is 7.46. The molecule has 210 valence electrons. The average molecular weight is 585 g/mol. The molecule has 1 N–H and O–H groups in total. The predicted octanol–water partition coefficient (Wildman–Crippen LogP) is 5.08. The summed E-state index contributed by atoms with van der Waals surface area (Å²) in [5.74, 6) is 1.45. The monoisotopic (exact) mass is 583 g/mol. The maximum atomic E-state index is 12.1. The van der Waals surface area contributed by atoms with E-state index in [0.29, 0.717) is 71.1 Å². The van der Waals surface area contributed by atoms with Gasteiger partial charge in [-0.2, -0.15) is 15.1 Å². The maximum absolute atomic E-state index is 12.1. The number of benzene rings is 2. The fraction of sp³-hybridized carbons (Fsp3) is 0.357. The van der Waals surface area contributed by atoms with Gasteiger partial charge < -0.3 is 24.2 Å². The Morgan fingerprint density at radius 2 is 1.93 bits per heavy atom. The van der Waals surface area contributed by atoms with Gasteiger partial charge >= 0.3 is 6.01 Å². The van der Waals surface area contributed by atoms with Gasteiger partial charge in [-0.1, -0.05) is 29.8 Å². The highest BCUT2D eigenvalue weighted by molar-refractivity contribution is 6.34. The number of piperazine rings is 1. The van der Waals surface area contributed by atoms with E-state index in [9.17, 15) is 4.79 Å². The number of nitrogens with one attached hydrogen (secondary N) is 1. The first-order chi connectivity index (χ1) is 19.2. The SMILES string of the molecule is C=CC(=O)N1CCN(c2nc(OCCCN(C)C)nc3c(Oc4c(Cl)c(C)cc5[nH]ncc45)cc(Cl)cc23)CC1. The largest absolute Gasteiger partial charge is 0.463 e. The number of aryl methyl sites for hydroxylation is 1. The second-order valence-corrected chi connectivity index (χ2v) is 10.7. The van der Waals surface area contributed by atoms with E-state index in [0.717, 1.165) is 29.4 Å². The second-order valence-electron chi connectivity index (χ2n) is 9.92. The van der Waals surface area contributed by atoms with Gasteiger partial charge in [0.05, 0.1) is 28.7 Å². The summed E-state index contributed by atoms with van der Waals surface area (Å²) in [6.07, 6.45) is 3.83. The van der Waals surface area contributed by atoms with Gasteiger partial charge in [0, 0.05) is 49.2 Å². The summed E-state index contributed by atoms with van der Waals surface area (Å²) in [6, 6.07) is 5.69. The zero-order chi connectivity index (χ0) is 28.4. The highest BCUT2D eigenvalue weighted by Gasteiger charge is 2.25. The van der Waals surface area contributed by atoms with Crippen molar-refractivity contribution < 1.29 is 14.3 Å². The molecule has 1 fully saturated rings. The minimum absolute atomic E-state index is 0.0866. The molecule has 40 heavy (non-hydrogen) atoms. The molecule has 3 heterocycles. The molecule has 0 radical (unpaired) electrons. The Balaban J connectivity index is 1.58. The van der Waals surface area contributed by atoms with Crippen LogP contribution < -0.4 is 14.4 Å². The minimum atomic E-state index is -0.0866. The molecule has 2 aromatic heterocycles. The zero-order valence-electron chi connectivity index (χ0n) is 22.7. The quantitative estimate of drug-likeness (QED) is 0.215. The Hall–Kier alpha value is -3.60. The van der Waals surface area contributed by atoms with E-state index in [-0.39, 0.29) is 11.9 Å². The predicted molar refractivity (Wildman–Crippen MR) is 158 cm³/mol. The molecule has 5 rings (SSSR count). The molecular weight excluding hydrogens is 553 g/mol. The first-order valence-corrected chi connectivity index (χ1v) is 13.8. The van der Waals surface area contributed by atoms with Gasteiger partial charge in [-0.25, -0.2) is 0 Å². The van der Waals surface area contributed by atoms with Crippen LogP contribution in [0.4, 0.5) is 5.82 Å². The molecule has 1 aliphatic rings. The molecule has 10 nitrogen and oxygen atoms in total. The minimum Gasteiger partial charge on any atom is -0.463 e. The van der Waals surface area contributed by atoms with Gasteiger partial charge in [0.2, 0.25) is 5.91 Å². The number of H-pyrrole nitrogens is 1. The lowest BCUT2D eigenvalue weighted by Crippen LogP contribution is -2.48. The summed E-state index contributed by atoms with van der Waals surface area (Å²) in [5.41, 5.74) is 2.18. The number of rotatable bonds is 9. The summed E-state index contributed by atoms with van der Waals surface area (Å²) < 4.78 is 12.5. The number of aromatic nitrogens is 4. The van der Waals surface area contributed by atoms with Crippen molar-refractivity contribution in [1.82, 2.24) is 30.0 Å². The number of halogens is 2. The molecule has 0 spiro atoms. The Morgan fingerprint density at radius 1 is 1.15 bits per heavy atom. The number of carbonyl (C=O) groups is 1. The molecule has 2 aromatic carbocycles. The first-order valence-electron chi connectivity index (χ1n) is 13.0. The molecule has 0 atom stereocenters. The Morgan fingerprint density at radius 3 is 2.65 bits per heavy atom. The van der Waals surface area contributed by atoms with Gasteiger partial charge in [0.25, 0.3) is 0 Å². The van der Waals surface area contributed by atoms with Crippen molar-refractivity contribution in [2.75, 3.05) is 58.3 Å². The number of anilines is 1. The summed E-state index contributed by atoms with van der Waals surface area (Å²) >= 11 is 13.3. The number of hydrogen-bond acceptors (Lipinski definition) is 8. The number of carbonyl (C=O) groups excluding carboxylic acids is 1. The van der Waals surface area contributed by atoms with Crippen molar-refractivity contribution in [2.45, 2.75) is 13.3 Å². The fourth-order valence-corrected chi connectivity index (χ4v) is 5.10. The van der Waals surface area contributed by atoms with E-state index < -0.39 is 0 Å². The average Bonchev–Trinajstić information content (AvgIpc) is 3.41. The molecule has 4 aromatic rings. The van der Waals surface area contributed by atoms with Crippen LogP contribution >= 0.6 is 23.2 Å². The number of aromatic amines is 1. The third kappa shape index (κ3) is 5.79. The fourth-order valence-electron chi connectivity index (χ4n) is 4.70. The standard InChI is InChI=1S/C28H31Cl2N7O3/c1-5-23(38)36-8-10-37(11-9-36)27-19-14-18(29)15-22(25(19)32-28(33-27)39-12-6-7-35(3)4)40-26-20-16-31-34-21(20)13-17(2)24(26)30/h5,13-16H,1,6-12H2,2-4H3,(H,31,34). The lowest BCUT2D eigenvalue weighted by atomic mass is 10.1. The van der Waals surface area contributed by atoms with E-state index in [1.165, 1.54) is 6.08 Å². The van der Waals surface area contributed by atoms with Crippen LogP contribution in [-0.2, 0) is 4.79 Å². The van der Waals surface area contributed by atoms with E-state index in [1.807, 2.05) is 33.2 Å². The molecular formula is C28H31Cl2N7O3. The smallest absolute Gasteiger partial charge is 0.319 e. The van der Waals surface area contributed by atoms with Gasteiger partial charge in [-0.15, -0.1) is 0 Å². The van der Waals surface area contributed by atoms with E-state index in [4.69, 9.17) is 42.6 Å². The number of ether oxygens (including phenoxy) is 2. The van der Waals surface area contributed by atoms with Gasteiger partial charge in [-0.3, -0.25) is 9.89 Å². The van der Waals surface area contributed by atoms with Crippen LogP contribution in [0.3, 0.4) is 0 Å². The lowest BCUT2D eigenvalue weighted by molar-refractivity contribution is -0.126. The molecule has 0 bridgehead atoms. The third-order valence-electron chi connectivity index (χ3n) is 6.77. The summed E-state index contributed by atoms with van der Waals surface area (Å²) in [4.78, 5) is 27.7.